The summed E-state index contributed by atoms with van der Waals surface area (Å²) < 4.78 is 29.1. The number of nitrogens with zero attached hydrogens (tertiary/aromatic N) is 1. The van der Waals surface area contributed by atoms with E-state index in [1.807, 2.05) is 12.1 Å². The zero-order chi connectivity index (χ0) is 17.8. The molecule has 128 valence electrons. The maximum atomic E-state index is 12.6. The fourth-order valence-corrected chi connectivity index (χ4v) is 5.30. The van der Waals surface area contributed by atoms with Crippen LogP contribution >= 0.6 is 22.9 Å². The van der Waals surface area contributed by atoms with E-state index in [1.165, 1.54) is 23.5 Å². The molecule has 2 N–H and O–H groups in total. The van der Waals surface area contributed by atoms with Crippen molar-refractivity contribution in [2.75, 3.05) is 4.31 Å². The molecule has 1 aliphatic heterocycles. The van der Waals surface area contributed by atoms with E-state index in [0.717, 1.165) is 9.01 Å². The van der Waals surface area contributed by atoms with E-state index in [9.17, 15) is 18.3 Å². The minimum absolute atomic E-state index is 0.0406. The molecule has 0 spiro atoms. The number of phenolic OH excluding ortho intramolecular Hbond substituents is 1. The lowest BCUT2D eigenvalue weighted by molar-refractivity contribution is 0.0984. The Hall–Kier alpha value is -2.29. The van der Waals surface area contributed by atoms with E-state index in [2.05, 4.69) is 4.72 Å². The highest BCUT2D eigenvalue weighted by Crippen LogP contribution is 2.42. The second kappa shape index (κ2) is 5.62. The Balaban J connectivity index is 1.90. The first-order chi connectivity index (χ1) is 11.9. The molecular weight excluding hydrogens is 384 g/mol. The van der Waals surface area contributed by atoms with Gasteiger partial charge >= 0.3 is 10.2 Å². The van der Waals surface area contributed by atoms with Crippen molar-refractivity contribution >= 4 is 54.8 Å². The highest BCUT2D eigenvalue weighted by molar-refractivity contribution is 7.91. The smallest absolute Gasteiger partial charge is 0.326 e. The average molecular weight is 395 g/mol. The number of hydrogen-bond donors (Lipinski definition) is 2. The highest BCUT2D eigenvalue weighted by Gasteiger charge is 2.37. The molecule has 2 heterocycles. The number of phenols is 1. The van der Waals surface area contributed by atoms with Crippen LogP contribution in [-0.4, -0.2) is 19.4 Å². The lowest BCUT2D eigenvalue weighted by Crippen LogP contribution is -2.47. The van der Waals surface area contributed by atoms with Gasteiger partial charge in [-0.2, -0.15) is 8.42 Å². The third-order valence-corrected chi connectivity index (χ3v) is 6.69. The Kier molecular flexibility index (Phi) is 3.64. The number of fused-ring (bicyclic) bond motifs is 3. The molecular formula is C16H11ClN2O4S2. The summed E-state index contributed by atoms with van der Waals surface area (Å²) in [6.07, 6.45) is 0. The molecule has 9 heteroatoms. The Bertz CT molecular complexity index is 1120. The summed E-state index contributed by atoms with van der Waals surface area (Å²) in [4.78, 5) is 12.5. The van der Waals surface area contributed by atoms with Crippen molar-refractivity contribution in [1.29, 1.82) is 0 Å². The van der Waals surface area contributed by atoms with Crippen molar-refractivity contribution < 1.29 is 18.3 Å². The lowest BCUT2D eigenvalue weighted by Gasteiger charge is -2.28. The van der Waals surface area contributed by atoms with Crippen LogP contribution in [0, 0.1) is 0 Å². The molecule has 3 aromatic rings. The van der Waals surface area contributed by atoms with Gasteiger partial charge < -0.3 is 5.11 Å². The van der Waals surface area contributed by atoms with E-state index in [4.69, 9.17) is 11.6 Å². The number of hydrogen-bond acceptors (Lipinski definition) is 5. The predicted octanol–water partition coefficient (Wildman–Crippen LogP) is 3.26. The lowest BCUT2D eigenvalue weighted by atomic mass is 10.2. The van der Waals surface area contributed by atoms with Gasteiger partial charge in [0.05, 0.1) is 17.3 Å². The fourth-order valence-electron chi connectivity index (χ4n) is 2.76. The maximum Gasteiger partial charge on any atom is 0.326 e. The summed E-state index contributed by atoms with van der Waals surface area (Å²) in [6, 6.07) is 11.8. The van der Waals surface area contributed by atoms with Gasteiger partial charge in [-0.1, -0.05) is 35.9 Å². The molecule has 1 aliphatic rings. The van der Waals surface area contributed by atoms with Gasteiger partial charge in [0.25, 0.3) is 5.91 Å². The average Bonchev–Trinajstić information content (AvgIpc) is 2.94. The van der Waals surface area contributed by atoms with Crippen molar-refractivity contribution in [1.82, 2.24) is 4.72 Å². The Morgan fingerprint density at radius 2 is 1.96 bits per heavy atom. The van der Waals surface area contributed by atoms with Crippen LogP contribution in [-0.2, 0) is 16.8 Å². The Morgan fingerprint density at radius 1 is 1.20 bits per heavy atom. The van der Waals surface area contributed by atoms with E-state index in [0.29, 0.717) is 21.5 Å². The number of carbonyl (C=O) groups excluding carboxylic acids is 1. The molecule has 0 radical (unpaired) electrons. The summed E-state index contributed by atoms with van der Waals surface area (Å²) >= 11 is 7.04. The molecule has 1 amide bonds. The van der Waals surface area contributed by atoms with Gasteiger partial charge in [-0.25, -0.2) is 9.03 Å². The molecule has 0 atom stereocenters. The molecule has 0 fully saturated rings. The number of aromatic hydroxyl groups is 1. The summed E-state index contributed by atoms with van der Waals surface area (Å²) in [7, 11) is -4.04. The fraction of sp³-hybridized carbons (Fsp3) is 0.0625. The molecule has 2 aromatic carbocycles. The van der Waals surface area contributed by atoms with Crippen molar-refractivity contribution in [2.24, 2.45) is 0 Å². The van der Waals surface area contributed by atoms with Gasteiger partial charge in [-0.15, -0.1) is 11.3 Å². The number of carbonyl (C=O) groups is 1. The number of halogens is 1. The van der Waals surface area contributed by atoms with Crippen LogP contribution in [0.15, 0.2) is 42.5 Å². The molecule has 0 saturated heterocycles. The van der Waals surface area contributed by atoms with Crippen LogP contribution < -0.4 is 9.03 Å². The van der Waals surface area contributed by atoms with Crippen molar-refractivity contribution in [3.63, 3.8) is 0 Å². The van der Waals surface area contributed by atoms with Gasteiger partial charge in [0.15, 0.2) is 0 Å². The topological polar surface area (TPSA) is 86.7 Å². The molecule has 25 heavy (non-hydrogen) atoms. The van der Waals surface area contributed by atoms with Gasteiger partial charge in [0.1, 0.15) is 10.6 Å². The number of anilines is 1. The standard InChI is InChI=1S/C16H11ClN2O4S2/c17-11-6-5-9(7-12(11)20)8-19-14-10-3-1-2-4-13(10)24-15(14)16(21)18-25(19,22)23/h1-7,20H,8H2,(H,18,21). The van der Waals surface area contributed by atoms with Gasteiger partial charge in [0, 0.05) is 10.1 Å². The van der Waals surface area contributed by atoms with Crippen LogP contribution in [0.3, 0.4) is 0 Å². The van der Waals surface area contributed by atoms with Gasteiger partial charge in [-0.3, -0.25) is 4.79 Å². The minimum Gasteiger partial charge on any atom is -0.506 e. The number of amides is 1. The van der Waals surface area contributed by atoms with Crippen LogP contribution in [0.5, 0.6) is 5.75 Å². The molecule has 0 aliphatic carbocycles. The molecule has 1 aromatic heterocycles. The zero-order valence-corrected chi connectivity index (χ0v) is 15.0. The van der Waals surface area contributed by atoms with E-state index in [1.54, 1.807) is 18.2 Å². The molecule has 6 nitrogen and oxygen atoms in total. The van der Waals surface area contributed by atoms with E-state index >= 15 is 0 Å². The maximum absolute atomic E-state index is 12.6. The molecule has 4 rings (SSSR count). The Labute approximate surface area is 152 Å². The quantitative estimate of drug-likeness (QED) is 0.698. The zero-order valence-electron chi connectivity index (χ0n) is 12.6. The first-order valence-corrected chi connectivity index (χ1v) is 9.84. The van der Waals surface area contributed by atoms with E-state index < -0.39 is 16.1 Å². The van der Waals surface area contributed by atoms with Crippen molar-refractivity contribution in [2.45, 2.75) is 6.54 Å². The van der Waals surface area contributed by atoms with Crippen molar-refractivity contribution in [3.05, 3.63) is 57.9 Å². The van der Waals surface area contributed by atoms with Crippen LogP contribution in [0.25, 0.3) is 10.1 Å². The van der Waals surface area contributed by atoms with Crippen LogP contribution in [0.4, 0.5) is 5.69 Å². The third-order valence-electron chi connectivity index (χ3n) is 3.87. The minimum atomic E-state index is -4.04. The monoisotopic (exact) mass is 394 g/mol. The first kappa shape index (κ1) is 16.2. The molecule has 0 bridgehead atoms. The first-order valence-electron chi connectivity index (χ1n) is 7.20. The second-order valence-corrected chi connectivity index (χ2v) is 8.56. The molecule has 0 saturated carbocycles. The highest BCUT2D eigenvalue weighted by atomic mass is 35.5. The number of nitrogens with one attached hydrogen (secondary N) is 1. The third kappa shape index (κ3) is 2.62. The summed E-state index contributed by atoms with van der Waals surface area (Å²) in [5, 5.41) is 10.6. The normalized spacial score (nSPS) is 15.9. The van der Waals surface area contributed by atoms with Crippen LogP contribution in [0.1, 0.15) is 15.2 Å². The number of rotatable bonds is 2. The van der Waals surface area contributed by atoms with E-state index in [-0.39, 0.29) is 17.3 Å². The molecule has 0 unspecified atom stereocenters. The number of benzene rings is 2. The van der Waals surface area contributed by atoms with Crippen LogP contribution in [0.2, 0.25) is 5.02 Å². The van der Waals surface area contributed by atoms with Gasteiger partial charge in [-0.05, 0) is 23.8 Å². The SMILES string of the molecule is O=C1NS(=O)(=O)N(Cc2ccc(Cl)c(O)c2)c2c1sc1ccccc21. The number of thiophene rings is 1. The summed E-state index contributed by atoms with van der Waals surface area (Å²) in [6.45, 7) is -0.0406. The Morgan fingerprint density at radius 3 is 2.72 bits per heavy atom. The summed E-state index contributed by atoms with van der Waals surface area (Å²) in [5.41, 5.74) is 0.904. The van der Waals surface area contributed by atoms with Crippen molar-refractivity contribution in [3.8, 4) is 5.75 Å². The largest absolute Gasteiger partial charge is 0.506 e. The second-order valence-electron chi connectivity index (χ2n) is 5.50. The van der Waals surface area contributed by atoms with Gasteiger partial charge in [0.2, 0.25) is 0 Å². The summed E-state index contributed by atoms with van der Waals surface area (Å²) in [5.74, 6) is -0.764. The predicted molar refractivity (Wildman–Crippen MR) is 97.5 cm³/mol.